The normalized spacial score (nSPS) is 13.6. The molecule has 0 rings (SSSR count). The summed E-state index contributed by atoms with van der Waals surface area (Å²) in [6, 6.07) is 0. The average molecular weight is 147 g/mol. The first-order chi connectivity index (χ1) is 4.16. The number of hydrogen-bond acceptors (Lipinski definition) is 2. The van der Waals surface area contributed by atoms with Crippen LogP contribution in [-0.2, 0) is 15.6 Å². The maximum atomic E-state index is 10.4. The Morgan fingerprint density at radius 3 is 2.56 bits per heavy atom. The lowest BCUT2D eigenvalue weighted by Gasteiger charge is -1.86. The molecule has 0 aliphatic carbocycles. The van der Waals surface area contributed by atoms with Gasteiger partial charge in [-0.25, -0.2) is 0 Å². The van der Waals surface area contributed by atoms with Crippen molar-refractivity contribution in [3.8, 4) is 0 Å². The van der Waals surface area contributed by atoms with Crippen LogP contribution in [-0.4, -0.2) is 23.4 Å². The van der Waals surface area contributed by atoms with Gasteiger partial charge in [0.05, 0.1) is 0 Å². The van der Waals surface area contributed by atoms with Crippen LogP contribution in [0.1, 0.15) is 0 Å². The Morgan fingerprint density at radius 2 is 2.22 bits per heavy atom. The van der Waals surface area contributed by atoms with Crippen molar-refractivity contribution in [3.05, 3.63) is 11.5 Å². The summed E-state index contributed by atoms with van der Waals surface area (Å²) < 4.78 is 10.3. The van der Waals surface area contributed by atoms with Crippen molar-refractivity contribution in [1.82, 2.24) is 5.32 Å². The van der Waals surface area contributed by atoms with Gasteiger partial charge >= 0.3 is 0 Å². The maximum absolute atomic E-state index is 10.4. The molecule has 0 bridgehead atoms. The van der Waals surface area contributed by atoms with Gasteiger partial charge in [-0.05, 0) is 0 Å². The molecule has 4 heteroatoms. The largest absolute Gasteiger partial charge is 0.356 e. The second-order valence-corrected chi connectivity index (χ2v) is 2.68. The fraction of sp³-hybridized carbons (Fsp3) is 0.400. The molecule has 1 atom stereocenters. The zero-order chi connectivity index (χ0) is 7.28. The Morgan fingerprint density at radius 1 is 1.67 bits per heavy atom. The highest BCUT2D eigenvalue weighted by Gasteiger charge is 1.86. The second-order valence-electron chi connectivity index (χ2n) is 1.42. The molecule has 52 valence electrons. The van der Waals surface area contributed by atoms with Crippen LogP contribution in [0.4, 0.5) is 0 Å². The molecule has 0 radical (unpaired) electrons. The van der Waals surface area contributed by atoms with Crippen molar-refractivity contribution in [3.63, 3.8) is 0 Å². The third-order valence-corrected chi connectivity index (χ3v) is 1.18. The standard InChI is InChI=1S/C5H9NO2S/c1-6-5(7)3-4-9(2)8/h3-4H,1-2H3,(H,6,7)/b4-3+. The molecule has 0 saturated heterocycles. The van der Waals surface area contributed by atoms with E-state index in [4.69, 9.17) is 0 Å². The van der Waals surface area contributed by atoms with Crippen LogP contribution >= 0.6 is 0 Å². The Hall–Kier alpha value is -0.640. The van der Waals surface area contributed by atoms with E-state index in [1.165, 1.54) is 24.8 Å². The van der Waals surface area contributed by atoms with Crippen molar-refractivity contribution in [2.24, 2.45) is 0 Å². The fourth-order valence-corrected chi connectivity index (χ4v) is 0.556. The molecule has 1 amide bonds. The third-order valence-electron chi connectivity index (χ3n) is 0.657. The number of amides is 1. The van der Waals surface area contributed by atoms with Crippen molar-refractivity contribution < 1.29 is 9.00 Å². The first-order valence-electron chi connectivity index (χ1n) is 2.39. The van der Waals surface area contributed by atoms with Gasteiger partial charge in [0.25, 0.3) is 0 Å². The molecule has 0 fully saturated rings. The first kappa shape index (κ1) is 8.36. The molecule has 0 aromatic heterocycles. The maximum Gasteiger partial charge on any atom is 0.244 e. The van der Waals surface area contributed by atoms with Crippen LogP contribution in [0, 0.1) is 0 Å². The van der Waals surface area contributed by atoms with E-state index in [1.54, 1.807) is 0 Å². The number of likely N-dealkylation sites (N-methyl/N-ethyl adjacent to an activating group) is 1. The Balaban J connectivity index is 3.71. The number of hydrogen-bond donors (Lipinski definition) is 1. The van der Waals surface area contributed by atoms with Crippen LogP contribution in [0.15, 0.2) is 11.5 Å². The number of nitrogens with one attached hydrogen (secondary N) is 1. The highest BCUT2D eigenvalue weighted by Crippen LogP contribution is 1.76. The minimum atomic E-state index is -1.03. The van der Waals surface area contributed by atoms with Gasteiger partial charge in [0.1, 0.15) is 0 Å². The molecule has 0 heterocycles. The quantitative estimate of drug-likeness (QED) is 0.541. The summed E-state index contributed by atoms with van der Waals surface area (Å²) >= 11 is 0. The summed E-state index contributed by atoms with van der Waals surface area (Å²) in [5, 5.41) is 3.69. The summed E-state index contributed by atoms with van der Waals surface area (Å²) in [7, 11) is 0.490. The van der Waals surface area contributed by atoms with Crippen LogP contribution in [0.25, 0.3) is 0 Å². The summed E-state index contributed by atoms with van der Waals surface area (Å²) in [6.45, 7) is 0. The van der Waals surface area contributed by atoms with Crippen LogP contribution < -0.4 is 5.32 Å². The monoisotopic (exact) mass is 147 g/mol. The zero-order valence-corrected chi connectivity index (χ0v) is 6.20. The number of rotatable bonds is 2. The fourth-order valence-electron chi connectivity index (χ4n) is 0.241. The van der Waals surface area contributed by atoms with E-state index in [-0.39, 0.29) is 5.91 Å². The number of carbonyl (C=O) groups excluding carboxylic acids is 1. The molecule has 3 nitrogen and oxygen atoms in total. The van der Waals surface area contributed by atoms with E-state index in [9.17, 15) is 9.00 Å². The zero-order valence-electron chi connectivity index (χ0n) is 5.38. The predicted molar refractivity (Wildman–Crippen MR) is 37.3 cm³/mol. The number of carbonyl (C=O) groups is 1. The van der Waals surface area contributed by atoms with Crippen molar-refractivity contribution >= 4 is 16.7 Å². The predicted octanol–water partition coefficient (Wildman–Crippen LogP) is -0.375. The van der Waals surface area contributed by atoms with Crippen molar-refractivity contribution in [1.29, 1.82) is 0 Å². The van der Waals surface area contributed by atoms with Crippen LogP contribution in [0.3, 0.4) is 0 Å². The topological polar surface area (TPSA) is 46.2 Å². The van der Waals surface area contributed by atoms with Gasteiger partial charge in [0, 0.05) is 35.6 Å². The van der Waals surface area contributed by atoms with E-state index < -0.39 is 10.8 Å². The lowest BCUT2D eigenvalue weighted by molar-refractivity contribution is -0.116. The summed E-state index contributed by atoms with van der Waals surface area (Å²) in [5.74, 6) is -0.231. The molecule has 0 aliphatic heterocycles. The van der Waals surface area contributed by atoms with E-state index >= 15 is 0 Å². The van der Waals surface area contributed by atoms with Gasteiger partial charge < -0.3 is 5.32 Å². The molecule has 0 spiro atoms. The average Bonchev–Trinajstić information content (AvgIpc) is 1.83. The highest BCUT2D eigenvalue weighted by atomic mass is 32.2. The molecule has 0 aliphatic rings. The molecule has 1 unspecified atom stereocenters. The van der Waals surface area contributed by atoms with Crippen molar-refractivity contribution in [2.75, 3.05) is 13.3 Å². The van der Waals surface area contributed by atoms with E-state index in [0.29, 0.717) is 0 Å². The molecule has 0 saturated carbocycles. The summed E-state index contributed by atoms with van der Waals surface area (Å²) in [4.78, 5) is 10.4. The lowest BCUT2D eigenvalue weighted by atomic mass is 10.6. The smallest absolute Gasteiger partial charge is 0.244 e. The molecular formula is C5H9NO2S. The second kappa shape index (κ2) is 4.26. The van der Waals surface area contributed by atoms with Gasteiger partial charge in [-0.15, -0.1) is 0 Å². The molecule has 0 aromatic rings. The molecule has 9 heavy (non-hydrogen) atoms. The SMILES string of the molecule is CNC(=O)/C=C/S(C)=O. The summed E-state index contributed by atoms with van der Waals surface area (Å²) in [5.41, 5.74) is 0. The molecular weight excluding hydrogens is 138 g/mol. The minimum Gasteiger partial charge on any atom is -0.356 e. The van der Waals surface area contributed by atoms with Gasteiger partial charge in [-0.3, -0.25) is 9.00 Å². The van der Waals surface area contributed by atoms with Gasteiger partial charge in [0.15, 0.2) is 0 Å². The van der Waals surface area contributed by atoms with Gasteiger partial charge in [-0.1, -0.05) is 0 Å². The highest BCUT2D eigenvalue weighted by molar-refractivity contribution is 7.87. The van der Waals surface area contributed by atoms with Gasteiger partial charge in [-0.2, -0.15) is 0 Å². The summed E-state index contributed by atoms with van der Waals surface area (Å²) in [6.07, 6.45) is 2.75. The van der Waals surface area contributed by atoms with Gasteiger partial charge in [0.2, 0.25) is 5.91 Å². The van der Waals surface area contributed by atoms with E-state index in [2.05, 4.69) is 5.32 Å². The third kappa shape index (κ3) is 5.23. The minimum absolute atomic E-state index is 0.231. The Kier molecular flexibility index (Phi) is 3.96. The first-order valence-corrected chi connectivity index (χ1v) is 4.01. The lowest BCUT2D eigenvalue weighted by Crippen LogP contribution is -2.14. The molecule has 0 aromatic carbocycles. The Labute approximate surface area is 56.6 Å². The Bertz CT molecular complexity index is 153. The van der Waals surface area contributed by atoms with E-state index in [0.717, 1.165) is 0 Å². The van der Waals surface area contributed by atoms with Crippen molar-refractivity contribution in [2.45, 2.75) is 0 Å². The van der Waals surface area contributed by atoms with Crippen LogP contribution in [0.2, 0.25) is 0 Å². The van der Waals surface area contributed by atoms with E-state index in [1.807, 2.05) is 0 Å². The molecule has 1 N–H and O–H groups in total. The van der Waals surface area contributed by atoms with Crippen LogP contribution in [0.5, 0.6) is 0 Å².